The molecule has 3 aromatic rings. The van der Waals surface area contributed by atoms with E-state index in [4.69, 9.17) is 18.6 Å². The van der Waals surface area contributed by atoms with Crippen LogP contribution in [0.2, 0.25) is 0 Å². The van der Waals surface area contributed by atoms with Crippen molar-refractivity contribution in [3.8, 4) is 28.0 Å². The van der Waals surface area contributed by atoms with E-state index in [-0.39, 0.29) is 0 Å². The summed E-state index contributed by atoms with van der Waals surface area (Å²) in [6.07, 6.45) is 1.99. The van der Waals surface area contributed by atoms with Gasteiger partial charge in [-0.2, -0.15) is 0 Å². The van der Waals surface area contributed by atoms with Crippen molar-refractivity contribution in [3.05, 3.63) is 41.1 Å². The molecule has 0 atom stereocenters. The van der Waals surface area contributed by atoms with E-state index in [1.807, 2.05) is 29.6 Å². The highest BCUT2D eigenvalue weighted by atomic mass is 32.1. The molecule has 4 rings (SSSR count). The number of hydrogen-bond donors (Lipinski definition) is 0. The van der Waals surface area contributed by atoms with Gasteiger partial charge in [-0.05, 0) is 55.1 Å². The van der Waals surface area contributed by atoms with E-state index in [1.165, 1.54) is 0 Å². The molecule has 3 heterocycles. The molecule has 0 spiro atoms. The lowest BCUT2D eigenvalue weighted by atomic mass is 9.96. The molecule has 1 fully saturated rings. The zero-order chi connectivity index (χ0) is 20.2. The first-order chi connectivity index (χ1) is 14.2. The van der Waals surface area contributed by atoms with Crippen LogP contribution in [0.15, 0.2) is 34.1 Å². The summed E-state index contributed by atoms with van der Waals surface area (Å²) in [7, 11) is 4.90. The fourth-order valence-electron chi connectivity index (χ4n) is 3.72. The standard InChI is InChI=1S/C21H25N3O4S/c1-25-16-11-14(12-17(26-2)19(16)27-3)13-24-8-6-15(7-9-24)20-22-23-21(28-20)18-5-4-10-29-18/h4-5,10-12,15H,6-9,13H2,1-3H3. The number of rotatable bonds is 7. The lowest BCUT2D eigenvalue weighted by Crippen LogP contribution is -2.32. The molecular formula is C21H25N3O4S. The minimum Gasteiger partial charge on any atom is -0.493 e. The van der Waals surface area contributed by atoms with E-state index < -0.39 is 0 Å². The molecule has 29 heavy (non-hydrogen) atoms. The van der Waals surface area contributed by atoms with Crippen LogP contribution in [0, 0.1) is 0 Å². The number of nitrogens with zero attached hydrogens (tertiary/aromatic N) is 3. The quantitative estimate of drug-likeness (QED) is 0.573. The van der Waals surface area contributed by atoms with E-state index in [1.54, 1.807) is 32.7 Å². The first kappa shape index (κ1) is 19.7. The van der Waals surface area contributed by atoms with Gasteiger partial charge in [0, 0.05) is 12.5 Å². The van der Waals surface area contributed by atoms with Crippen molar-refractivity contribution in [2.24, 2.45) is 0 Å². The van der Waals surface area contributed by atoms with Crippen LogP contribution in [-0.2, 0) is 6.54 Å². The molecule has 1 aliphatic rings. The number of piperidine rings is 1. The molecule has 0 bridgehead atoms. The van der Waals surface area contributed by atoms with E-state index in [0.29, 0.717) is 29.1 Å². The number of aromatic nitrogens is 2. The molecule has 0 radical (unpaired) electrons. The van der Waals surface area contributed by atoms with Gasteiger partial charge in [-0.15, -0.1) is 21.5 Å². The fraction of sp³-hybridized carbons (Fsp3) is 0.429. The van der Waals surface area contributed by atoms with Gasteiger partial charge in [0.2, 0.25) is 11.6 Å². The zero-order valence-electron chi connectivity index (χ0n) is 16.9. The number of hydrogen-bond acceptors (Lipinski definition) is 8. The summed E-state index contributed by atoms with van der Waals surface area (Å²) < 4.78 is 22.3. The second-order valence-corrected chi connectivity index (χ2v) is 7.95. The van der Waals surface area contributed by atoms with Gasteiger partial charge >= 0.3 is 0 Å². The van der Waals surface area contributed by atoms with Gasteiger partial charge in [0.15, 0.2) is 11.5 Å². The predicted octanol–water partition coefficient (Wildman–Crippen LogP) is 4.20. The summed E-state index contributed by atoms with van der Waals surface area (Å²) in [6.45, 7) is 2.77. The Morgan fingerprint density at radius 3 is 2.38 bits per heavy atom. The van der Waals surface area contributed by atoms with Gasteiger partial charge in [0.25, 0.3) is 5.89 Å². The van der Waals surface area contributed by atoms with E-state index in [9.17, 15) is 0 Å². The van der Waals surface area contributed by atoms with Crippen molar-refractivity contribution in [2.75, 3.05) is 34.4 Å². The van der Waals surface area contributed by atoms with Gasteiger partial charge in [-0.1, -0.05) is 6.07 Å². The minimum atomic E-state index is 0.312. The Balaban J connectivity index is 1.39. The number of ether oxygens (including phenoxy) is 3. The Morgan fingerprint density at radius 1 is 1.07 bits per heavy atom. The SMILES string of the molecule is COc1cc(CN2CCC(c3nnc(-c4cccs4)o3)CC2)cc(OC)c1OC. The van der Waals surface area contributed by atoms with Crippen molar-refractivity contribution >= 4 is 11.3 Å². The van der Waals surface area contributed by atoms with E-state index in [2.05, 4.69) is 15.1 Å². The molecule has 1 saturated heterocycles. The van der Waals surface area contributed by atoms with Crippen LogP contribution in [0.1, 0.15) is 30.2 Å². The summed E-state index contributed by atoms with van der Waals surface area (Å²) in [5.41, 5.74) is 1.13. The lowest BCUT2D eigenvalue weighted by Gasteiger charge is -2.30. The van der Waals surface area contributed by atoms with Gasteiger partial charge in [0.05, 0.1) is 26.2 Å². The smallest absolute Gasteiger partial charge is 0.257 e. The van der Waals surface area contributed by atoms with Gasteiger partial charge < -0.3 is 18.6 Å². The highest BCUT2D eigenvalue weighted by Gasteiger charge is 2.26. The summed E-state index contributed by atoms with van der Waals surface area (Å²) in [5, 5.41) is 10.5. The molecule has 1 aromatic carbocycles. The molecule has 0 amide bonds. The Bertz CT molecular complexity index is 908. The van der Waals surface area contributed by atoms with E-state index >= 15 is 0 Å². The van der Waals surface area contributed by atoms with E-state index in [0.717, 1.165) is 48.8 Å². The summed E-state index contributed by atoms with van der Waals surface area (Å²) in [4.78, 5) is 3.44. The second-order valence-electron chi connectivity index (χ2n) is 7.01. The van der Waals surface area contributed by atoms with Crippen molar-refractivity contribution in [1.82, 2.24) is 15.1 Å². The Kier molecular flexibility index (Phi) is 6.01. The van der Waals surface area contributed by atoms with Crippen LogP contribution in [-0.4, -0.2) is 49.5 Å². The van der Waals surface area contributed by atoms with Crippen molar-refractivity contribution in [2.45, 2.75) is 25.3 Å². The normalized spacial score (nSPS) is 15.4. The van der Waals surface area contributed by atoms with Crippen LogP contribution in [0.5, 0.6) is 17.2 Å². The number of thiophene rings is 1. The molecule has 8 heteroatoms. The minimum absolute atomic E-state index is 0.312. The van der Waals surface area contributed by atoms with Crippen LogP contribution >= 0.6 is 11.3 Å². The fourth-order valence-corrected chi connectivity index (χ4v) is 4.37. The largest absolute Gasteiger partial charge is 0.493 e. The van der Waals surface area contributed by atoms with Crippen molar-refractivity contribution in [1.29, 1.82) is 0 Å². The molecular weight excluding hydrogens is 390 g/mol. The van der Waals surface area contributed by atoms with Crippen molar-refractivity contribution in [3.63, 3.8) is 0 Å². The first-order valence-corrected chi connectivity index (χ1v) is 10.5. The molecule has 1 aliphatic heterocycles. The maximum atomic E-state index is 5.93. The molecule has 2 aromatic heterocycles. The number of likely N-dealkylation sites (tertiary alicyclic amines) is 1. The third-order valence-electron chi connectivity index (χ3n) is 5.24. The molecule has 0 unspecified atom stereocenters. The summed E-state index contributed by atoms with van der Waals surface area (Å²) in [5.74, 6) is 3.67. The topological polar surface area (TPSA) is 69.9 Å². The highest BCUT2D eigenvalue weighted by molar-refractivity contribution is 7.13. The summed E-state index contributed by atoms with van der Waals surface area (Å²) >= 11 is 1.61. The van der Waals surface area contributed by atoms with Crippen LogP contribution in [0.25, 0.3) is 10.8 Å². The highest BCUT2D eigenvalue weighted by Crippen LogP contribution is 2.39. The maximum absolute atomic E-state index is 5.93. The average Bonchev–Trinajstić information content (AvgIpc) is 3.45. The van der Waals surface area contributed by atoms with Crippen LogP contribution < -0.4 is 14.2 Å². The molecule has 7 nitrogen and oxygen atoms in total. The number of benzene rings is 1. The monoisotopic (exact) mass is 415 g/mol. The summed E-state index contributed by atoms with van der Waals surface area (Å²) in [6, 6.07) is 8.02. The maximum Gasteiger partial charge on any atom is 0.257 e. The Hall–Kier alpha value is -2.58. The average molecular weight is 416 g/mol. The van der Waals surface area contributed by atoms with Gasteiger partial charge in [-0.25, -0.2) is 0 Å². The number of methoxy groups -OCH3 is 3. The molecule has 0 saturated carbocycles. The first-order valence-electron chi connectivity index (χ1n) is 9.60. The van der Waals surface area contributed by atoms with Crippen LogP contribution in [0.3, 0.4) is 0 Å². The van der Waals surface area contributed by atoms with Crippen LogP contribution in [0.4, 0.5) is 0 Å². The lowest BCUT2D eigenvalue weighted by molar-refractivity contribution is 0.192. The third kappa shape index (κ3) is 4.23. The zero-order valence-corrected chi connectivity index (χ0v) is 17.7. The molecule has 154 valence electrons. The van der Waals surface area contributed by atoms with Crippen molar-refractivity contribution < 1.29 is 18.6 Å². The third-order valence-corrected chi connectivity index (χ3v) is 6.10. The molecule has 0 aliphatic carbocycles. The molecule has 0 N–H and O–H groups in total. The Labute approximate surface area is 174 Å². The van der Waals surface area contributed by atoms with Gasteiger partial charge in [0.1, 0.15) is 0 Å². The second kappa shape index (κ2) is 8.84. The predicted molar refractivity (Wildman–Crippen MR) is 111 cm³/mol. The van der Waals surface area contributed by atoms with Gasteiger partial charge in [-0.3, -0.25) is 4.90 Å². The Morgan fingerprint density at radius 2 is 1.79 bits per heavy atom.